The zero-order valence-corrected chi connectivity index (χ0v) is 20.3. The smallest absolute Gasteiger partial charge is 0.339 e. The van der Waals surface area contributed by atoms with Crippen molar-refractivity contribution in [2.75, 3.05) is 5.06 Å². The molecule has 0 radical (unpaired) electrons. The Labute approximate surface area is 191 Å². The molecule has 1 unspecified atom stereocenters. The predicted molar refractivity (Wildman–Crippen MR) is 127 cm³/mol. The number of esters is 1. The fourth-order valence-electron chi connectivity index (χ4n) is 3.85. The quantitative estimate of drug-likeness (QED) is 0.320. The van der Waals surface area contributed by atoms with Crippen LogP contribution in [0.2, 0.25) is 0 Å². The van der Waals surface area contributed by atoms with Crippen LogP contribution < -0.4 is 5.06 Å². The number of ether oxygens (including phenoxy) is 1. The topological polar surface area (TPSA) is 66.8 Å². The molecule has 0 fully saturated rings. The molecule has 3 rings (SSSR count). The van der Waals surface area contributed by atoms with E-state index >= 15 is 0 Å². The summed E-state index contributed by atoms with van der Waals surface area (Å²) in [5.41, 5.74) is 3.64. The van der Waals surface area contributed by atoms with Gasteiger partial charge in [0.1, 0.15) is 6.10 Å². The minimum Gasteiger partial charge on any atom is -0.454 e. The van der Waals surface area contributed by atoms with Gasteiger partial charge in [0.25, 0.3) is 5.91 Å². The van der Waals surface area contributed by atoms with Gasteiger partial charge in [0.05, 0.1) is 11.3 Å². The largest absolute Gasteiger partial charge is 0.454 e. The van der Waals surface area contributed by atoms with E-state index in [1.807, 2.05) is 12.1 Å². The summed E-state index contributed by atoms with van der Waals surface area (Å²) in [4.78, 5) is 25.6. The van der Waals surface area contributed by atoms with E-state index < -0.39 is 11.9 Å². The third-order valence-corrected chi connectivity index (χ3v) is 6.02. The van der Waals surface area contributed by atoms with Crippen LogP contribution in [0.1, 0.15) is 111 Å². The summed E-state index contributed by atoms with van der Waals surface area (Å²) in [7, 11) is 0. The molecule has 32 heavy (non-hydrogen) atoms. The van der Waals surface area contributed by atoms with Crippen LogP contribution in [0.15, 0.2) is 36.4 Å². The number of cyclic esters (lactones) is 1. The van der Waals surface area contributed by atoms with E-state index in [0.717, 1.165) is 36.0 Å². The highest BCUT2D eigenvalue weighted by molar-refractivity contribution is 6.05. The van der Waals surface area contributed by atoms with Gasteiger partial charge in [0, 0.05) is 11.1 Å². The maximum atomic E-state index is 13.3. The first kappa shape index (κ1) is 24.0. The average molecular weight is 438 g/mol. The Morgan fingerprint density at radius 3 is 2.12 bits per heavy atom. The van der Waals surface area contributed by atoms with Crippen LogP contribution in [0.4, 0.5) is 5.69 Å². The fourth-order valence-corrected chi connectivity index (χ4v) is 3.85. The number of unbranched alkanes of at least 4 members (excludes halogenated alkanes) is 1. The van der Waals surface area contributed by atoms with Crippen LogP contribution in [-0.4, -0.2) is 17.1 Å². The Balaban J connectivity index is 1.96. The molecule has 5 nitrogen and oxygen atoms in total. The molecule has 172 valence electrons. The third-order valence-electron chi connectivity index (χ3n) is 6.02. The van der Waals surface area contributed by atoms with Gasteiger partial charge in [0.15, 0.2) is 0 Å². The molecular weight excluding hydrogens is 402 g/mol. The zero-order chi connectivity index (χ0) is 23.8. The number of nitrogens with zero attached hydrogens (tertiary/aromatic N) is 1. The highest BCUT2D eigenvalue weighted by atomic mass is 16.5. The second-order valence-corrected chi connectivity index (χ2v) is 10.7. The second-order valence-electron chi connectivity index (χ2n) is 10.7. The lowest BCUT2D eigenvalue weighted by molar-refractivity contribution is 0.0364. The molecule has 1 N–H and O–H groups in total. The lowest BCUT2D eigenvalue weighted by Gasteiger charge is -2.26. The average Bonchev–Trinajstić information content (AvgIpc) is 3.04. The Bertz CT molecular complexity index is 995. The number of benzene rings is 2. The Morgan fingerprint density at radius 1 is 1.00 bits per heavy atom. The van der Waals surface area contributed by atoms with Crippen molar-refractivity contribution < 1.29 is 19.5 Å². The first-order valence-electron chi connectivity index (χ1n) is 11.4. The Kier molecular flexibility index (Phi) is 6.52. The van der Waals surface area contributed by atoms with Crippen LogP contribution in [0.5, 0.6) is 0 Å². The van der Waals surface area contributed by atoms with Crippen molar-refractivity contribution in [3.05, 3.63) is 64.2 Å². The fraction of sp³-hybridized carbons (Fsp3) is 0.481. The monoisotopic (exact) mass is 437 g/mol. The summed E-state index contributed by atoms with van der Waals surface area (Å²) in [5, 5.41) is 11.4. The minimum absolute atomic E-state index is 0.151. The molecule has 0 saturated carbocycles. The van der Waals surface area contributed by atoms with Crippen molar-refractivity contribution in [3.8, 4) is 0 Å². The van der Waals surface area contributed by atoms with Crippen LogP contribution in [0, 0.1) is 0 Å². The van der Waals surface area contributed by atoms with Gasteiger partial charge in [0.2, 0.25) is 0 Å². The first-order valence-corrected chi connectivity index (χ1v) is 11.4. The highest BCUT2D eigenvalue weighted by Gasteiger charge is 2.32. The van der Waals surface area contributed by atoms with Crippen molar-refractivity contribution in [2.24, 2.45) is 0 Å². The molecule has 0 bridgehead atoms. The van der Waals surface area contributed by atoms with Crippen molar-refractivity contribution in [1.82, 2.24) is 0 Å². The predicted octanol–water partition coefficient (Wildman–Crippen LogP) is 6.72. The zero-order valence-electron chi connectivity index (χ0n) is 20.3. The summed E-state index contributed by atoms with van der Waals surface area (Å²) < 4.78 is 5.50. The number of hydroxylamine groups is 1. The van der Waals surface area contributed by atoms with Gasteiger partial charge >= 0.3 is 5.97 Å². The van der Waals surface area contributed by atoms with E-state index in [-0.39, 0.29) is 22.6 Å². The van der Waals surface area contributed by atoms with Crippen LogP contribution in [0.3, 0.4) is 0 Å². The summed E-state index contributed by atoms with van der Waals surface area (Å²) in [6.07, 6.45) is 2.49. The van der Waals surface area contributed by atoms with Gasteiger partial charge in [-0.15, -0.1) is 0 Å². The number of hydrogen-bond acceptors (Lipinski definition) is 4. The molecule has 0 aliphatic carbocycles. The van der Waals surface area contributed by atoms with Gasteiger partial charge in [-0.1, -0.05) is 67.0 Å². The van der Waals surface area contributed by atoms with Gasteiger partial charge in [-0.2, -0.15) is 5.06 Å². The normalized spacial score (nSPS) is 16.0. The van der Waals surface area contributed by atoms with E-state index in [2.05, 4.69) is 54.5 Å². The minimum atomic E-state index is -0.532. The first-order chi connectivity index (χ1) is 14.8. The van der Waals surface area contributed by atoms with Crippen LogP contribution >= 0.6 is 0 Å². The van der Waals surface area contributed by atoms with Gasteiger partial charge in [-0.25, -0.2) is 4.79 Å². The van der Waals surface area contributed by atoms with E-state index in [1.54, 1.807) is 18.2 Å². The molecular formula is C27H35NO4. The van der Waals surface area contributed by atoms with Gasteiger partial charge in [-0.3, -0.25) is 10.0 Å². The van der Waals surface area contributed by atoms with Gasteiger partial charge < -0.3 is 4.74 Å². The van der Waals surface area contributed by atoms with Crippen molar-refractivity contribution in [2.45, 2.75) is 84.7 Å². The maximum absolute atomic E-state index is 13.3. The lowest BCUT2D eigenvalue weighted by atomic mass is 9.79. The number of carbonyl (C=O) groups excluding carboxylic acids is 2. The molecule has 1 atom stereocenters. The number of carbonyl (C=O) groups is 2. The molecule has 0 saturated heterocycles. The molecule has 1 aliphatic heterocycles. The second kappa shape index (κ2) is 8.70. The molecule has 0 spiro atoms. The van der Waals surface area contributed by atoms with Crippen LogP contribution in [-0.2, 0) is 15.6 Å². The van der Waals surface area contributed by atoms with E-state index in [9.17, 15) is 14.8 Å². The molecule has 2 aromatic rings. The molecule has 1 aliphatic rings. The molecule has 1 amide bonds. The lowest BCUT2D eigenvalue weighted by Crippen LogP contribution is -2.28. The standard InChI is InChI=1S/C27H35NO4/c1-8-9-10-23-21-12-11-20(16-22(21)25(30)32-23)28(31)24(29)17-13-18(26(2,3)4)15-19(14-17)27(5,6)7/h11-16,23,31H,8-10H2,1-7H3. The summed E-state index contributed by atoms with van der Waals surface area (Å²) in [6, 6.07) is 10.8. The molecule has 5 heteroatoms. The maximum Gasteiger partial charge on any atom is 0.339 e. The highest BCUT2D eigenvalue weighted by Crippen LogP contribution is 2.37. The number of fused-ring (bicyclic) bond motifs is 1. The molecule has 1 heterocycles. The summed E-state index contributed by atoms with van der Waals surface area (Å²) in [5.74, 6) is -0.941. The van der Waals surface area contributed by atoms with E-state index in [0.29, 0.717) is 16.2 Å². The Morgan fingerprint density at radius 2 is 1.59 bits per heavy atom. The molecule has 0 aromatic heterocycles. The van der Waals surface area contributed by atoms with Crippen LogP contribution in [0.25, 0.3) is 0 Å². The van der Waals surface area contributed by atoms with Crippen molar-refractivity contribution >= 4 is 17.6 Å². The third kappa shape index (κ3) is 4.88. The number of hydrogen-bond donors (Lipinski definition) is 1. The van der Waals surface area contributed by atoms with Crippen molar-refractivity contribution in [3.63, 3.8) is 0 Å². The summed E-state index contributed by atoms with van der Waals surface area (Å²) in [6.45, 7) is 14.7. The summed E-state index contributed by atoms with van der Waals surface area (Å²) >= 11 is 0. The van der Waals surface area contributed by atoms with E-state index in [4.69, 9.17) is 4.74 Å². The van der Waals surface area contributed by atoms with E-state index in [1.165, 1.54) is 0 Å². The number of rotatable bonds is 5. The number of anilines is 1. The Hall–Kier alpha value is -2.66. The SMILES string of the molecule is CCCCC1OC(=O)c2cc(N(O)C(=O)c3cc(C(C)(C)C)cc(C(C)(C)C)c3)ccc21. The number of amides is 1. The van der Waals surface area contributed by atoms with Gasteiger partial charge in [-0.05, 0) is 59.1 Å². The van der Waals surface area contributed by atoms with Crippen molar-refractivity contribution in [1.29, 1.82) is 0 Å². The molecule has 2 aromatic carbocycles.